The minimum absolute atomic E-state index is 0.125. The number of hydrogen-bond donors (Lipinski definition) is 1. The van der Waals surface area contributed by atoms with E-state index in [0.29, 0.717) is 43.4 Å². The first-order chi connectivity index (χ1) is 14.1. The maximum atomic E-state index is 13.0. The summed E-state index contributed by atoms with van der Waals surface area (Å²) in [4.78, 5) is 14.8. The highest BCUT2D eigenvalue weighted by molar-refractivity contribution is 7.89. The van der Waals surface area contributed by atoms with Gasteiger partial charge in [-0.25, -0.2) is 13.1 Å². The molecule has 1 amide bonds. The molecule has 0 radical (unpaired) electrons. The van der Waals surface area contributed by atoms with Crippen LogP contribution in [0.2, 0.25) is 0 Å². The third-order valence-corrected chi connectivity index (χ3v) is 6.30. The Morgan fingerprint density at radius 1 is 1.07 bits per heavy atom. The highest BCUT2D eigenvalue weighted by atomic mass is 32.2. The Bertz CT molecular complexity index is 1010. The van der Waals surface area contributed by atoms with Crippen molar-refractivity contribution >= 4 is 15.9 Å². The fraction of sp³-hybridized carbons (Fsp3) is 0.409. The van der Waals surface area contributed by atoms with E-state index in [0.717, 1.165) is 5.56 Å². The van der Waals surface area contributed by atoms with Crippen LogP contribution in [-0.2, 0) is 16.6 Å². The Hall–Kier alpha value is -2.58. The summed E-state index contributed by atoms with van der Waals surface area (Å²) in [5.74, 6) is 1.17. The van der Waals surface area contributed by atoms with Gasteiger partial charge in [-0.3, -0.25) is 4.79 Å². The maximum Gasteiger partial charge on any atom is 0.254 e. The van der Waals surface area contributed by atoms with E-state index in [1.54, 1.807) is 37.8 Å². The van der Waals surface area contributed by atoms with E-state index in [-0.39, 0.29) is 10.8 Å². The SMILES string of the molecule is CCN(Cc1cccc2c1OCCO2)C(=O)c1ccc(S(=O)(=O)NC(C)(C)C)cc1. The summed E-state index contributed by atoms with van der Waals surface area (Å²) < 4.78 is 38.9. The van der Waals surface area contributed by atoms with E-state index in [4.69, 9.17) is 9.47 Å². The van der Waals surface area contributed by atoms with E-state index in [1.807, 2.05) is 25.1 Å². The lowest BCUT2D eigenvalue weighted by atomic mass is 10.1. The van der Waals surface area contributed by atoms with Crippen LogP contribution in [0.5, 0.6) is 11.5 Å². The Morgan fingerprint density at radius 3 is 2.37 bits per heavy atom. The van der Waals surface area contributed by atoms with Crippen LogP contribution in [-0.4, -0.2) is 44.5 Å². The van der Waals surface area contributed by atoms with Crippen molar-refractivity contribution in [2.75, 3.05) is 19.8 Å². The van der Waals surface area contributed by atoms with Crippen LogP contribution < -0.4 is 14.2 Å². The van der Waals surface area contributed by atoms with Crippen LogP contribution in [0, 0.1) is 0 Å². The molecular formula is C22H28N2O5S. The monoisotopic (exact) mass is 432 g/mol. The molecule has 1 N–H and O–H groups in total. The molecule has 1 aliphatic rings. The Morgan fingerprint density at radius 2 is 1.73 bits per heavy atom. The number of para-hydroxylation sites is 1. The lowest BCUT2D eigenvalue weighted by Crippen LogP contribution is -2.40. The van der Waals surface area contributed by atoms with Gasteiger partial charge in [0.05, 0.1) is 4.90 Å². The molecule has 3 rings (SSSR count). The van der Waals surface area contributed by atoms with Crippen LogP contribution >= 0.6 is 0 Å². The number of carbonyl (C=O) groups is 1. The van der Waals surface area contributed by atoms with Gasteiger partial charge in [0, 0.05) is 29.8 Å². The molecule has 7 nitrogen and oxygen atoms in total. The predicted molar refractivity (Wildman–Crippen MR) is 114 cm³/mol. The number of nitrogens with zero attached hydrogens (tertiary/aromatic N) is 1. The average Bonchev–Trinajstić information content (AvgIpc) is 2.70. The molecule has 2 aromatic carbocycles. The standard InChI is InChI=1S/C22H28N2O5S/c1-5-24(15-17-7-6-8-19-20(17)29-14-13-28-19)21(25)16-9-11-18(12-10-16)30(26,27)23-22(2,3)4/h6-12,23H,5,13-15H2,1-4H3. The first kappa shape index (κ1) is 22.1. The lowest BCUT2D eigenvalue weighted by molar-refractivity contribution is 0.0749. The van der Waals surface area contributed by atoms with Gasteiger partial charge in [0.1, 0.15) is 13.2 Å². The number of hydrogen-bond acceptors (Lipinski definition) is 5. The number of sulfonamides is 1. The number of benzene rings is 2. The van der Waals surface area contributed by atoms with Crippen molar-refractivity contribution in [3.05, 3.63) is 53.6 Å². The number of carbonyl (C=O) groups excluding carboxylic acids is 1. The second-order valence-corrected chi connectivity index (χ2v) is 9.82. The molecule has 0 aromatic heterocycles. The summed E-state index contributed by atoms with van der Waals surface area (Å²) in [5.41, 5.74) is 0.705. The minimum atomic E-state index is -3.65. The van der Waals surface area contributed by atoms with Gasteiger partial charge >= 0.3 is 0 Å². The zero-order chi connectivity index (χ0) is 21.9. The fourth-order valence-electron chi connectivity index (χ4n) is 3.21. The number of rotatable bonds is 6. The van der Waals surface area contributed by atoms with Crippen LogP contribution in [0.3, 0.4) is 0 Å². The van der Waals surface area contributed by atoms with Gasteiger partial charge in [0.2, 0.25) is 10.0 Å². The number of fused-ring (bicyclic) bond motifs is 1. The predicted octanol–water partition coefficient (Wildman–Crippen LogP) is 3.20. The highest BCUT2D eigenvalue weighted by Gasteiger charge is 2.24. The third kappa shape index (κ3) is 5.12. The van der Waals surface area contributed by atoms with Crippen LogP contribution in [0.15, 0.2) is 47.4 Å². The smallest absolute Gasteiger partial charge is 0.254 e. The second-order valence-electron chi connectivity index (χ2n) is 8.14. The molecule has 8 heteroatoms. The lowest BCUT2D eigenvalue weighted by Gasteiger charge is -2.25. The van der Waals surface area contributed by atoms with Crippen molar-refractivity contribution in [2.24, 2.45) is 0 Å². The summed E-state index contributed by atoms with van der Waals surface area (Å²) in [6.07, 6.45) is 0. The summed E-state index contributed by atoms with van der Waals surface area (Å²) in [6, 6.07) is 11.6. The van der Waals surface area contributed by atoms with E-state index >= 15 is 0 Å². The first-order valence-corrected chi connectivity index (χ1v) is 11.4. The van der Waals surface area contributed by atoms with Crippen molar-refractivity contribution in [1.29, 1.82) is 0 Å². The van der Waals surface area contributed by atoms with Gasteiger partial charge in [-0.15, -0.1) is 0 Å². The number of amides is 1. The summed E-state index contributed by atoms with van der Waals surface area (Å²) in [7, 11) is -3.65. The van der Waals surface area contributed by atoms with Gasteiger partial charge in [0.15, 0.2) is 11.5 Å². The Kier molecular flexibility index (Phi) is 6.38. The minimum Gasteiger partial charge on any atom is -0.486 e. The molecule has 0 saturated heterocycles. The summed E-state index contributed by atoms with van der Waals surface area (Å²) in [5, 5.41) is 0. The largest absolute Gasteiger partial charge is 0.486 e. The number of ether oxygens (including phenoxy) is 2. The topological polar surface area (TPSA) is 84.9 Å². The van der Waals surface area contributed by atoms with Gasteiger partial charge in [0.25, 0.3) is 5.91 Å². The van der Waals surface area contributed by atoms with E-state index in [2.05, 4.69) is 4.72 Å². The normalized spacial score (nSPS) is 13.7. The van der Waals surface area contributed by atoms with E-state index in [9.17, 15) is 13.2 Å². The highest BCUT2D eigenvalue weighted by Crippen LogP contribution is 2.34. The summed E-state index contributed by atoms with van der Waals surface area (Å²) >= 11 is 0. The van der Waals surface area contributed by atoms with Gasteiger partial charge in [-0.1, -0.05) is 12.1 Å². The van der Waals surface area contributed by atoms with Crippen LogP contribution in [0.1, 0.15) is 43.6 Å². The molecule has 0 fully saturated rings. The molecule has 0 unspecified atom stereocenters. The fourth-order valence-corrected chi connectivity index (χ4v) is 4.63. The van der Waals surface area contributed by atoms with E-state index in [1.165, 1.54) is 12.1 Å². The molecule has 2 aromatic rings. The van der Waals surface area contributed by atoms with Gasteiger partial charge < -0.3 is 14.4 Å². The van der Waals surface area contributed by atoms with Crippen molar-refractivity contribution in [1.82, 2.24) is 9.62 Å². The van der Waals surface area contributed by atoms with Gasteiger partial charge in [-0.2, -0.15) is 0 Å². The quantitative estimate of drug-likeness (QED) is 0.758. The first-order valence-electron chi connectivity index (χ1n) is 9.91. The van der Waals surface area contributed by atoms with E-state index < -0.39 is 15.6 Å². The summed E-state index contributed by atoms with van der Waals surface area (Å²) in [6.45, 7) is 9.07. The molecule has 0 aliphatic carbocycles. The molecule has 0 atom stereocenters. The van der Waals surface area contributed by atoms with Crippen LogP contribution in [0.4, 0.5) is 0 Å². The maximum absolute atomic E-state index is 13.0. The van der Waals surface area contributed by atoms with Crippen molar-refractivity contribution in [2.45, 2.75) is 44.7 Å². The molecule has 162 valence electrons. The third-order valence-electron chi connectivity index (χ3n) is 4.53. The number of nitrogens with one attached hydrogen (secondary N) is 1. The molecular weight excluding hydrogens is 404 g/mol. The van der Waals surface area contributed by atoms with Crippen molar-refractivity contribution < 1.29 is 22.7 Å². The average molecular weight is 433 g/mol. The molecule has 0 spiro atoms. The zero-order valence-electron chi connectivity index (χ0n) is 17.8. The second kappa shape index (κ2) is 8.65. The Labute approximate surface area is 178 Å². The molecule has 30 heavy (non-hydrogen) atoms. The molecule has 1 heterocycles. The molecule has 1 aliphatic heterocycles. The molecule has 0 bridgehead atoms. The zero-order valence-corrected chi connectivity index (χ0v) is 18.6. The van der Waals surface area contributed by atoms with Crippen LogP contribution in [0.25, 0.3) is 0 Å². The Balaban J connectivity index is 1.78. The van der Waals surface area contributed by atoms with Crippen molar-refractivity contribution in [3.8, 4) is 11.5 Å². The van der Waals surface area contributed by atoms with Crippen molar-refractivity contribution in [3.63, 3.8) is 0 Å². The molecule has 0 saturated carbocycles. The van der Waals surface area contributed by atoms with Gasteiger partial charge in [-0.05, 0) is 58.0 Å².